The van der Waals surface area contributed by atoms with Crippen molar-refractivity contribution < 1.29 is 28.6 Å². The second-order valence-corrected chi connectivity index (χ2v) is 16.0. The lowest BCUT2D eigenvalue weighted by atomic mass is 10.1. The summed E-state index contributed by atoms with van der Waals surface area (Å²) in [6.45, 7) is 6.46. The minimum Gasteiger partial charge on any atom is -0.462 e. The Bertz CT molecular complexity index is 1070. The van der Waals surface area contributed by atoms with Crippen LogP contribution in [0.1, 0.15) is 233 Å². The predicted molar refractivity (Wildman–Crippen MR) is 247 cm³/mol. The third-order valence-corrected chi connectivity index (χ3v) is 10.3. The third kappa shape index (κ3) is 44.2. The first-order valence-electron chi connectivity index (χ1n) is 24.3. The van der Waals surface area contributed by atoms with E-state index < -0.39 is 6.10 Å². The van der Waals surface area contributed by atoms with Gasteiger partial charge in [0.15, 0.2) is 6.10 Å². The SMILES string of the molecule is CC/C=C\C/C=C\C/C=C\C/C=C\CCCCCCC(=O)OCC(COC(=O)CCCCCCCCCCC)OC(=O)CCCCCCC/C=C\CCCCCCC. The van der Waals surface area contributed by atoms with E-state index in [0.29, 0.717) is 19.3 Å². The molecule has 0 aromatic heterocycles. The maximum atomic E-state index is 12.7. The van der Waals surface area contributed by atoms with Gasteiger partial charge in [-0.2, -0.15) is 0 Å². The standard InChI is InChI=1S/C52H90O6/c1-4-7-10-13-16-19-21-23-25-26-27-29-30-33-36-39-42-45-51(54)57-48-49(47-56-50(53)44-41-38-35-32-18-15-12-9-6-3)58-52(55)46-43-40-37-34-31-28-24-22-20-17-14-11-8-5-2/h7,10,16,19,22-25,27,29,49H,4-6,8-9,11-15,17-18,20-21,26,28,30-48H2,1-3H3/b10-7-,19-16-,24-22-,25-23-,29-27-. The molecule has 0 heterocycles. The fourth-order valence-electron chi connectivity index (χ4n) is 6.60. The lowest BCUT2D eigenvalue weighted by Gasteiger charge is -2.18. The lowest BCUT2D eigenvalue weighted by molar-refractivity contribution is -0.167. The predicted octanol–water partition coefficient (Wildman–Crippen LogP) is 15.7. The average Bonchev–Trinajstić information content (AvgIpc) is 3.22. The fourth-order valence-corrected chi connectivity index (χ4v) is 6.60. The lowest BCUT2D eigenvalue weighted by Crippen LogP contribution is -2.30. The first-order chi connectivity index (χ1) is 28.5. The van der Waals surface area contributed by atoms with E-state index >= 15 is 0 Å². The first-order valence-corrected chi connectivity index (χ1v) is 24.3. The van der Waals surface area contributed by atoms with Crippen LogP contribution < -0.4 is 0 Å². The Morgan fingerprint density at radius 2 is 0.672 bits per heavy atom. The molecule has 334 valence electrons. The molecule has 0 amide bonds. The molecule has 6 heteroatoms. The number of carbonyl (C=O) groups is 3. The molecule has 6 nitrogen and oxygen atoms in total. The number of hydrogen-bond donors (Lipinski definition) is 0. The molecular weight excluding hydrogens is 721 g/mol. The van der Waals surface area contributed by atoms with Crippen LogP contribution in [0.3, 0.4) is 0 Å². The van der Waals surface area contributed by atoms with Gasteiger partial charge in [-0.25, -0.2) is 0 Å². The normalized spacial score (nSPS) is 12.5. The first kappa shape index (κ1) is 55.1. The van der Waals surface area contributed by atoms with Crippen molar-refractivity contribution >= 4 is 17.9 Å². The van der Waals surface area contributed by atoms with Crippen molar-refractivity contribution in [2.45, 2.75) is 239 Å². The van der Waals surface area contributed by atoms with Crippen molar-refractivity contribution in [2.24, 2.45) is 0 Å². The summed E-state index contributed by atoms with van der Waals surface area (Å²) in [5.41, 5.74) is 0. The highest BCUT2D eigenvalue weighted by atomic mass is 16.6. The smallest absolute Gasteiger partial charge is 0.306 e. The van der Waals surface area contributed by atoms with Gasteiger partial charge >= 0.3 is 17.9 Å². The van der Waals surface area contributed by atoms with Gasteiger partial charge in [-0.15, -0.1) is 0 Å². The summed E-state index contributed by atoms with van der Waals surface area (Å²) in [6, 6.07) is 0. The average molecular weight is 811 g/mol. The molecule has 0 aromatic carbocycles. The molecule has 0 aliphatic carbocycles. The molecule has 0 bridgehead atoms. The van der Waals surface area contributed by atoms with Crippen LogP contribution >= 0.6 is 0 Å². The maximum absolute atomic E-state index is 12.7. The van der Waals surface area contributed by atoms with E-state index in [2.05, 4.69) is 81.5 Å². The Labute approximate surface area is 358 Å². The van der Waals surface area contributed by atoms with Gasteiger partial charge in [-0.3, -0.25) is 14.4 Å². The van der Waals surface area contributed by atoms with Gasteiger partial charge in [0.2, 0.25) is 0 Å². The highest BCUT2D eigenvalue weighted by molar-refractivity contribution is 5.71. The summed E-state index contributed by atoms with van der Waals surface area (Å²) < 4.78 is 16.7. The second-order valence-electron chi connectivity index (χ2n) is 16.0. The van der Waals surface area contributed by atoms with Crippen LogP contribution in [0, 0.1) is 0 Å². The molecule has 0 N–H and O–H groups in total. The highest BCUT2D eigenvalue weighted by Gasteiger charge is 2.19. The molecule has 0 saturated heterocycles. The van der Waals surface area contributed by atoms with Crippen molar-refractivity contribution in [3.63, 3.8) is 0 Å². The molecule has 0 aliphatic heterocycles. The van der Waals surface area contributed by atoms with E-state index in [9.17, 15) is 14.4 Å². The van der Waals surface area contributed by atoms with Crippen LogP contribution in [0.2, 0.25) is 0 Å². The molecule has 0 spiro atoms. The van der Waals surface area contributed by atoms with Crippen LogP contribution in [0.4, 0.5) is 0 Å². The molecule has 0 rings (SSSR count). The summed E-state index contributed by atoms with van der Waals surface area (Å²) in [6.07, 6.45) is 56.3. The molecule has 58 heavy (non-hydrogen) atoms. The number of carbonyl (C=O) groups excluding carboxylic acids is 3. The van der Waals surface area contributed by atoms with E-state index in [0.717, 1.165) is 109 Å². The topological polar surface area (TPSA) is 78.9 Å². The number of rotatable bonds is 43. The van der Waals surface area contributed by atoms with Gasteiger partial charge in [-0.1, -0.05) is 191 Å². The third-order valence-electron chi connectivity index (χ3n) is 10.3. The maximum Gasteiger partial charge on any atom is 0.306 e. The monoisotopic (exact) mass is 811 g/mol. The Kier molecular flexibility index (Phi) is 44.5. The van der Waals surface area contributed by atoms with Gasteiger partial charge in [0, 0.05) is 19.3 Å². The molecule has 0 saturated carbocycles. The molecular formula is C52H90O6. The molecule has 1 atom stereocenters. The van der Waals surface area contributed by atoms with E-state index in [-0.39, 0.29) is 31.1 Å². The fraction of sp³-hybridized carbons (Fsp3) is 0.750. The summed E-state index contributed by atoms with van der Waals surface area (Å²) in [4.78, 5) is 37.8. The second kappa shape index (κ2) is 46.8. The highest BCUT2D eigenvalue weighted by Crippen LogP contribution is 2.14. The number of unbranched alkanes of at least 4 members (excludes halogenated alkanes) is 22. The van der Waals surface area contributed by atoms with Gasteiger partial charge < -0.3 is 14.2 Å². The number of ether oxygens (including phenoxy) is 3. The molecule has 0 radical (unpaired) electrons. The van der Waals surface area contributed by atoms with Crippen molar-refractivity contribution in [2.75, 3.05) is 13.2 Å². The zero-order valence-corrected chi connectivity index (χ0v) is 38.0. The van der Waals surface area contributed by atoms with Gasteiger partial charge in [0.1, 0.15) is 13.2 Å². The molecule has 0 aliphatic rings. The van der Waals surface area contributed by atoms with Crippen molar-refractivity contribution in [3.05, 3.63) is 60.8 Å². The number of allylic oxidation sites excluding steroid dienone is 10. The molecule has 0 aromatic rings. The largest absolute Gasteiger partial charge is 0.462 e. The van der Waals surface area contributed by atoms with Gasteiger partial charge in [0.05, 0.1) is 0 Å². The van der Waals surface area contributed by atoms with Crippen LogP contribution in [0.25, 0.3) is 0 Å². The summed E-state index contributed by atoms with van der Waals surface area (Å²) in [5, 5.41) is 0. The van der Waals surface area contributed by atoms with Crippen LogP contribution in [0.15, 0.2) is 60.8 Å². The Hall–Kier alpha value is -2.89. The Balaban J connectivity index is 4.39. The zero-order chi connectivity index (χ0) is 42.3. The molecule has 0 fully saturated rings. The number of esters is 3. The van der Waals surface area contributed by atoms with Gasteiger partial charge in [0.25, 0.3) is 0 Å². The molecule has 1 unspecified atom stereocenters. The van der Waals surface area contributed by atoms with Crippen LogP contribution in [-0.4, -0.2) is 37.2 Å². The minimum atomic E-state index is -0.784. The summed E-state index contributed by atoms with van der Waals surface area (Å²) in [5.74, 6) is -0.920. The van der Waals surface area contributed by atoms with E-state index in [1.54, 1.807) is 0 Å². The summed E-state index contributed by atoms with van der Waals surface area (Å²) >= 11 is 0. The Morgan fingerprint density at radius 1 is 0.362 bits per heavy atom. The van der Waals surface area contributed by atoms with E-state index in [1.807, 2.05) is 0 Å². The number of hydrogen-bond acceptors (Lipinski definition) is 6. The Morgan fingerprint density at radius 3 is 1.07 bits per heavy atom. The van der Waals surface area contributed by atoms with Crippen molar-refractivity contribution in [1.29, 1.82) is 0 Å². The van der Waals surface area contributed by atoms with Crippen molar-refractivity contribution in [3.8, 4) is 0 Å². The quantitative estimate of drug-likeness (QED) is 0.0264. The van der Waals surface area contributed by atoms with Crippen LogP contribution in [-0.2, 0) is 28.6 Å². The summed E-state index contributed by atoms with van der Waals surface area (Å²) in [7, 11) is 0. The van der Waals surface area contributed by atoms with Crippen molar-refractivity contribution in [1.82, 2.24) is 0 Å². The van der Waals surface area contributed by atoms with Crippen LogP contribution in [0.5, 0.6) is 0 Å². The zero-order valence-electron chi connectivity index (χ0n) is 38.0. The van der Waals surface area contributed by atoms with E-state index in [1.165, 1.54) is 83.5 Å². The van der Waals surface area contributed by atoms with Gasteiger partial charge in [-0.05, 0) is 83.5 Å². The minimum absolute atomic E-state index is 0.0845. The van der Waals surface area contributed by atoms with E-state index in [4.69, 9.17) is 14.2 Å².